The summed E-state index contributed by atoms with van der Waals surface area (Å²) in [7, 11) is 4.12. The van der Waals surface area contributed by atoms with E-state index in [1.807, 2.05) is 0 Å². The van der Waals surface area contributed by atoms with Crippen molar-refractivity contribution < 1.29 is 0 Å². The minimum Gasteiger partial charge on any atom is -0.356 e. The maximum absolute atomic E-state index is 11.5. The summed E-state index contributed by atoms with van der Waals surface area (Å²) in [6, 6.07) is 0. The van der Waals surface area contributed by atoms with Crippen LogP contribution >= 0.6 is 22.6 Å². The Labute approximate surface area is 115 Å². The third-order valence-electron chi connectivity index (χ3n) is 2.49. The van der Waals surface area contributed by atoms with Gasteiger partial charge in [-0.25, -0.2) is 4.98 Å². The smallest absolute Gasteiger partial charge is 0.266 e. The number of nitrogens with zero attached hydrogens (tertiary/aromatic N) is 3. The standard InChI is InChI=1S/C11H19IN4O/c1-4-16(7-5-6-15(2)3)10-9(12)11(17)14-8-13-10/h8H,4-7H2,1-3H3,(H,13,14,17). The van der Waals surface area contributed by atoms with Crippen molar-refractivity contribution in [3.05, 3.63) is 20.3 Å². The highest BCUT2D eigenvalue weighted by Gasteiger charge is 2.11. The summed E-state index contributed by atoms with van der Waals surface area (Å²) in [5, 5.41) is 0. The molecule has 0 atom stereocenters. The number of H-pyrrole nitrogens is 1. The van der Waals surface area contributed by atoms with Gasteiger partial charge in [-0.05, 0) is 56.6 Å². The molecule has 1 aromatic rings. The molecule has 17 heavy (non-hydrogen) atoms. The van der Waals surface area contributed by atoms with Crippen molar-refractivity contribution in [3.63, 3.8) is 0 Å². The van der Waals surface area contributed by atoms with Gasteiger partial charge in [0.05, 0.1) is 6.33 Å². The van der Waals surface area contributed by atoms with Gasteiger partial charge in [-0.1, -0.05) is 0 Å². The topological polar surface area (TPSA) is 52.2 Å². The number of hydrogen-bond donors (Lipinski definition) is 1. The van der Waals surface area contributed by atoms with E-state index in [0.29, 0.717) is 3.57 Å². The number of hydrogen-bond acceptors (Lipinski definition) is 4. The number of aromatic nitrogens is 2. The predicted molar refractivity (Wildman–Crippen MR) is 78.6 cm³/mol. The predicted octanol–water partition coefficient (Wildman–Crippen LogP) is 1.15. The summed E-state index contributed by atoms with van der Waals surface area (Å²) in [5.41, 5.74) is -0.0679. The van der Waals surface area contributed by atoms with E-state index in [1.165, 1.54) is 6.33 Å². The zero-order valence-corrected chi connectivity index (χ0v) is 12.7. The third kappa shape index (κ3) is 4.27. The molecule has 0 fully saturated rings. The van der Waals surface area contributed by atoms with Gasteiger partial charge in [0.2, 0.25) is 0 Å². The molecule has 6 heteroatoms. The molecule has 5 nitrogen and oxygen atoms in total. The van der Waals surface area contributed by atoms with E-state index < -0.39 is 0 Å². The zero-order chi connectivity index (χ0) is 12.8. The van der Waals surface area contributed by atoms with Crippen LogP contribution < -0.4 is 10.5 Å². The average Bonchev–Trinajstić information content (AvgIpc) is 2.28. The lowest BCUT2D eigenvalue weighted by molar-refractivity contribution is 0.400. The molecule has 0 unspecified atom stereocenters. The molecule has 0 spiro atoms. The number of rotatable bonds is 6. The molecule has 1 aromatic heterocycles. The molecular formula is C11H19IN4O. The summed E-state index contributed by atoms with van der Waals surface area (Å²) in [4.78, 5) is 22.6. The number of anilines is 1. The van der Waals surface area contributed by atoms with E-state index in [-0.39, 0.29) is 5.56 Å². The molecule has 1 rings (SSSR count). The second-order valence-corrected chi connectivity index (χ2v) is 5.18. The van der Waals surface area contributed by atoms with Crippen LogP contribution in [0, 0.1) is 3.57 Å². The Bertz CT molecular complexity index is 405. The Morgan fingerprint density at radius 3 is 2.71 bits per heavy atom. The van der Waals surface area contributed by atoms with Crippen molar-refractivity contribution in [1.82, 2.24) is 14.9 Å². The van der Waals surface area contributed by atoms with Crippen molar-refractivity contribution in [2.75, 3.05) is 38.6 Å². The molecule has 0 bridgehead atoms. The van der Waals surface area contributed by atoms with Crippen molar-refractivity contribution in [2.45, 2.75) is 13.3 Å². The van der Waals surface area contributed by atoms with Crippen LogP contribution in [0.25, 0.3) is 0 Å². The van der Waals surface area contributed by atoms with E-state index in [4.69, 9.17) is 0 Å². The van der Waals surface area contributed by atoms with Gasteiger partial charge in [0.25, 0.3) is 5.56 Å². The molecule has 0 radical (unpaired) electrons. The Balaban J connectivity index is 2.73. The minimum atomic E-state index is -0.0679. The van der Waals surface area contributed by atoms with Crippen LogP contribution in [0.2, 0.25) is 0 Å². The molecular weight excluding hydrogens is 331 g/mol. The Kier molecular flexibility index (Phi) is 5.90. The molecule has 0 aliphatic carbocycles. The van der Waals surface area contributed by atoms with Gasteiger partial charge in [0.1, 0.15) is 9.39 Å². The molecule has 1 heterocycles. The van der Waals surface area contributed by atoms with E-state index in [0.717, 1.165) is 31.9 Å². The maximum atomic E-state index is 11.5. The highest BCUT2D eigenvalue weighted by molar-refractivity contribution is 14.1. The van der Waals surface area contributed by atoms with E-state index in [2.05, 4.69) is 63.4 Å². The van der Waals surface area contributed by atoms with Gasteiger partial charge >= 0.3 is 0 Å². The second kappa shape index (κ2) is 6.95. The lowest BCUT2D eigenvalue weighted by Crippen LogP contribution is -2.30. The largest absolute Gasteiger partial charge is 0.356 e. The van der Waals surface area contributed by atoms with Crippen LogP contribution in [0.3, 0.4) is 0 Å². The number of halogens is 1. The SMILES string of the molecule is CCN(CCCN(C)C)c1nc[nH]c(=O)c1I. The summed E-state index contributed by atoms with van der Waals surface area (Å²) in [6.07, 6.45) is 2.53. The van der Waals surface area contributed by atoms with Crippen LogP contribution in [0.15, 0.2) is 11.1 Å². The molecule has 0 amide bonds. The summed E-state index contributed by atoms with van der Waals surface area (Å²) in [5.74, 6) is 0.788. The highest BCUT2D eigenvalue weighted by Crippen LogP contribution is 2.15. The molecule has 0 saturated heterocycles. The maximum Gasteiger partial charge on any atom is 0.266 e. The summed E-state index contributed by atoms with van der Waals surface area (Å²) in [6.45, 7) is 4.89. The average molecular weight is 350 g/mol. The van der Waals surface area contributed by atoms with Gasteiger partial charge < -0.3 is 14.8 Å². The number of aromatic amines is 1. The molecule has 0 saturated carbocycles. The van der Waals surface area contributed by atoms with Gasteiger partial charge in [0, 0.05) is 13.1 Å². The van der Waals surface area contributed by atoms with Gasteiger partial charge in [-0.15, -0.1) is 0 Å². The van der Waals surface area contributed by atoms with Crippen molar-refractivity contribution in [2.24, 2.45) is 0 Å². The Hall–Kier alpha value is -0.630. The fraction of sp³-hybridized carbons (Fsp3) is 0.636. The third-order valence-corrected chi connectivity index (χ3v) is 3.47. The zero-order valence-electron chi connectivity index (χ0n) is 10.5. The van der Waals surface area contributed by atoms with Crippen LogP contribution in [-0.2, 0) is 0 Å². The minimum absolute atomic E-state index is 0.0679. The first-order valence-corrected chi connectivity index (χ1v) is 6.77. The molecule has 0 aromatic carbocycles. The normalized spacial score (nSPS) is 10.9. The van der Waals surface area contributed by atoms with Crippen molar-refractivity contribution in [1.29, 1.82) is 0 Å². The van der Waals surface area contributed by atoms with E-state index in [1.54, 1.807) is 0 Å². The van der Waals surface area contributed by atoms with Gasteiger partial charge in [-0.2, -0.15) is 0 Å². The van der Waals surface area contributed by atoms with Crippen LogP contribution in [0.1, 0.15) is 13.3 Å². The first-order valence-electron chi connectivity index (χ1n) is 5.69. The van der Waals surface area contributed by atoms with Crippen molar-refractivity contribution >= 4 is 28.4 Å². The van der Waals surface area contributed by atoms with Crippen LogP contribution in [-0.4, -0.2) is 48.6 Å². The van der Waals surface area contributed by atoms with E-state index >= 15 is 0 Å². The quantitative estimate of drug-likeness (QED) is 0.783. The molecule has 0 aliphatic heterocycles. The van der Waals surface area contributed by atoms with Crippen LogP contribution in [0.5, 0.6) is 0 Å². The lowest BCUT2D eigenvalue weighted by Gasteiger charge is -2.23. The first kappa shape index (κ1) is 14.4. The lowest BCUT2D eigenvalue weighted by atomic mass is 10.3. The van der Waals surface area contributed by atoms with Crippen LogP contribution in [0.4, 0.5) is 5.82 Å². The van der Waals surface area contributed by atoms with E-state index in [9.17, 15) is 4.79 Å². The highest BCUT2D eigenvalue weighted by atomic mass is 127. The van der Waals surface area contributed by atoms with Gasteiger partial charge in [-0.3, -0.25) is 4.79 Å². The monoisotopic (exact) mass is 350 g/mol. The molecule has 96 valence electrons. The first-order chi connectivity index (χ1) is 8.06. The van der Waals surface area contributed by atoms with Crippen molar-refractivity contribution in [3.8, 4) is 0 Å². The fourth-order valence-corrected chi connectivity index (χ4v) is 2.22. The molecule has 0 aliphatic rings. The summed E-state index contributed by atoms with van der Waals surface area (Å²) < 4.78 is 0.664. The Morgan fingerprint density at radius 2 is 2.12 bits per heavy atom. The Morgan fingerprint density at radius 1 is 1.41 bits per heavy atom. The molecule has 1 N–H and O–H groups in total. The fourth-order valence-electron chi connectivity index (χ4n) is 1.59. The number of nitrogens with one attached hydrogen (secondary N) is 1. The summed E-state index contributed by atoms with van der Waals surface area (Å²) >= 11 is 2.05. The van der Waals surface area contributed by atoms with Gasteiger partial charge in [0.15, 0.2) is 0 Å². The second-order valence-electron chi connectivity index (χ2n) is 4.11.